The van der Waals surface area contributed by atoms with Crippen molar-refractivity contribution in [2.45, 2.75) is 26.6 Å². The first-order valence-corrected chi connectivity index (χ1v) is 3.99. The Bertz CT molecular complexity index is 323. The van der Waals surface area contributed by atoms with Crippen molar-refractivity contribution in [3.05, 3.63) is 23.0 Å². The van der Waals surface area contributed by atoms with E-state index >= 15 is 0 Å². The number of hydrogen-bond acceptors (Lipinski definition) is 3. The first-order chi connectivity index (χ1) is 5.70. The van der Waals surface area contributed by atoms with Crippen molar-refractivity contribution in [3.8, 4) is 5.75 Å². The molecule has 3 heteroatoms. The molecule has 1 N–H and O–H groups in total. The molecule has 1 unspecified atom stereocenters. The van der Waals surface area contributed by atoms with Gasteiger partial charge in [0.25, 0.3) is 0 Å². The lowest BCUT2D eigenvalue weighted by Gasteiger charge is -2.04. The maximum absolute atomic E-state index is 9.59. The molecule has 0 aromatic carbocycles. The van der Waals surface area contributed by atoms with Gasteiger partial charge in [0, 0.05) is 17.3 Å². The largest absolute Gasteiger partial charge is 0.506 e. The molecule has 1 aliphatic rings. The number of rotatable bonds is 0. The summed E-state index contributed by atoms with van der Waals surface area (Å²) in [5.74, 6) is 0.289. The molecule has 0 saturated heterocycles. The van der Waals surface area contributed by atoms with Crippen LogP contribution in [0.15, 0.2) is 6.20 Å². The maximum Gasteiger partial charge on any atom is 0.142 e. The minimum Gasteiger partial charge on any atom is -0.506 e. The number of fused-ring (bicyclic) bond motifs is 1. The van der Waals surface area contributed by atoms with Crippen LogP contribution in [0.1, 0.15) is 29.8 Å². The van der Waals surface area contributed by atoms with Crippen molar-refractivity contribution < 1.29 is 9.84 Å². The number of hydrogen-bond donors (Lipinski definition) is 1. The minimum absolute atomic E-state index is 0.0685. The summed E-state index contributed by atoms with van der Waals surface area (Å²) in [5.41, 5.74) is 2.58. The number of ether oxygens (including phenoxy) is 1. The van der Waals surface area contributed by atoms with Crippen LogP contribution in [0.2, 0.25) is 0 Å². The average molecular weight is 165 g/mol. The van der Waals surface area contributed by atoms with Crippen molar-refractivity contribution in [1.82, 2.24) is 4.98 Å². The summed E-state index contributed by atoms with van der Waals surface area (Å²) in [6.07, 6.45) is 1.85. The fraction of sp³-hybridized carbons (Fsp3) is 0.444. The van der Waals surface area contributed by atoms with Crippen LogP contribution in [0.3, 0.4) is 0 Å². The second-order valence-corrected chi connectivity index (χ2v) is 3.08. The quantitative estimate of drug-likeness (QED) is 0.636. The molecule has 0 fully saturated rings. The zero-order chi connectivity index (χ0) is 8.72. The number of aromatic hydroxyl groups is 1. The zero-order valence-electron chi connectivity index (χ0n) is 7.16. The Morgan fingerprint density at radius 3 is 3.17 bits per heavy atom. The first-order valence-electron chi connectivity index (χ1n) is 3.99. The van der Waals surface area contributed by atoms with E-state index in [9.17, 15) is 5.11 Å². The van der Waals surface area contributed by atoms with E-state index in [1.54, 1.807) is 13.1 Å². The summed E-state index contributed by atoms with van der Waals surface area (Å²) in [6.45, 7) is 4.26. The Hall–Kier alpha value is -1.09. The molecule has 12 heavy (non-hydrogen) atoms. The average Bonchev–Trinajstić information content (AvgIpc) is 2.41. The van der Waals surface area contributed by atoms with E-state index in [-0.39, 0.29) is 11.9 Å². The lowest BCUT2D eigenvalue weighted by Crippen LogP contribution is -1.92. The molecule has 0 aliphatic carbocycles. The van der Waals surface area contributed by atoms with Crippen LogP contribution in [0.5, 0.6) is 5.75 Å². The van der Waals surface area contributed by atoms with Gasteiger partial charge in [-0.3, -0.25) is 4.98 Å². The molecule has 0 spiro atoms. The molecule has 1 aromatic rings. The van der Waals surface area contributed by atoms with Gasteiger partial charge in [-0.15, -0.1) is 0 Å². The van der Waals surface area contributed by atoms with Crippen molar-refractivity contribution in [2.24, 2.45) is 0 Å². The monoisotopic (exact) mass is 165 g/mol. The van der Waals surface area contributed by atoms with E-state index in [2.05, 4.69) is 4.98 Å². The van der Waals surface area contributed by atoms with Crippen LogP contribution in [-0.2, 0) is 11.3 Å². The highest BCUT2D eigenvalue weighted by molar-refractivity contribution is 5.42. The van der Waals surface area contributed by atoms with E-state index in [0.717, 1.165) is 11.1 Å². The number of pyridine rings is 1. The minimum atomic E-state index is 0.0685. The van der Waals surface area contributed by atoms with Crippen LogP contribution in [-0.4, -0.2) is 10.1 Å². The van der Waals surface area contributed by atoms with Crippen LogP contribution in [0, 0.1) is 6.92 Å². The van der Waals surface area contributed by atoms with E-state index in [0.29, 0.717) is 12.3 Å². The number of nitrogens with zero attached hydrogens (tertiary/aromatic N) is 1. The molecule has 0 amide bonds. The third-order valence-electron chi connectivity index (χ3n) is 2.29. The lowest BCUT2D eigenvalue weighted by molar-refractivity contribution is 0.0790. The van der Waals surface area contributed by atoms with Gasteiger partial charge in [0.1, 0.15) is 5.75 Å². The van der Waals surface area contributed by atoms with E-state index in [4.69, 9.17) is 4.74 Å². The Balaban J connectivity index is 2.60. The second kappa shape index (κ2) is 2.45. The fourth-order valence-electron chi connectivity index (χ4n) is 1.46. The van der Waals surface area contributed by atoms with E-state index < -0.39 is 0 Å². The van der Waals surface area contributed by atoms with Gasteiger partial charge in [0.05, 0.1) is 18.4 Å². The highest BCUT2D eigenvalue weighted by Gasteiger charge is 2.23. The molecular formula is C9H11NO2. The molecule has 2 rings (SSSR count). The lowest BCUT2D eigenvalue weighted by atomic mass is 10.1. The van der Waals surface area contributed by atoms with Gasteiger partial charge < -0.3 is 9.84 Å². The van der Waals surface area contributed by atoms with Gasteiger partial charge >= 0.3 is 0 Å². The maximum atomic E-state index is 9.59. The Kier molecular flexibility index (Phi) is 1.54. The summed E-state index contributed by atoms with van der Waals surface area (Å²) in [5, 5.41) is 9.59. The highest BCUT2D eigenvalue weighted by atomic mass is 16.5. The fourth-order valence-corrected chi connectivity index (χ4v) is 1.46. The molecular weight excluding hydrogens is 154 g/mol. The SMILES string of the molecule is Cc1ncc2c(c1O)COC2C. The topological polar surface area (TPSA) is 42.4 Å². The number of aromatic nitrogens is 1. The molecule has 64 valence electrons. The van der Waals surface area contributed by atoms with Crippen LogP contribution >= 0.6 is 0 Å². The third kappa shape index (κ3) is 0.898. The summed E-state index contributed by atoms with van der Waals surface area (Å²) >= 11 is 0. The zero-order valence-corrected chi connectivity index (χ0v) is 7.16. The normalized spacial score (nSPS) is 21.0. The summed E-state index contributed by atoms with van der Waals surface area (Å²) < 4.78 is 5.36. The molecule has 1 atom stereocenters. The molecule has 1 aliphatic heterocycles. The van der Waals surface area contributed by atoms with Gasteiger partial charge in [-0.05, 0) is 13.8 Å². The third-order valence-corrected chi connectivity index (χ3v) is 2.29. The second-order valence-electron chi connectivity index (χ2n) is 3.08. The first kappa shape index (κ1) is 7.55. The van der Waals surface area contributed by atoms with Crippen LogP contribution in [0.4, 0.5) is 0 Å². The van der Waals surface area contributed by atoms with E-state index in [1.807, 2.05) is 6.92 Å². The molecule has 0 saturated carbocycles. The molecule has 3 nitrogen and oxygen atoms in total. The van der Waals surface area contributed by atoms with Crippen molar-refractivity contribution >= 4 is 0 Å². The number of aryl methyl sites for hydroxylation is 1. The summed E-state index contributed by atoms with van der Waals surface area (Å²) in [7, 11) is 0. The highest BCUT2D eigenvalue weighted by Crippen LogP contribution is 2.35. The summed E-state index contributed by atoms with van der Waals surface area (Å²) in [4.78, 5) is 4.07. The molecule has 0 bridgehead atoms. The van der Waals surface area contributed by atoms with Crippen molar-refractivity contribution in [3.63, 3.8) is 0 Å². The smallest absolute Gasteiger partial charge is 0.142 e. The predicted molar refractivity (Wildman–Crippen MR) is 43.8 cm³/mol. The summed E-state index contributed by atoms with van der Waals surface area (Å²) in [6, 6.07) is 0. The van der Waals surface area contributed by atoms with Gasteiger partial charge in [0.15, 0.2) is 0 Å². The van der Waals surface area contributed by atoms with Crippen LogP contribution in [0.25, 0.3) is 0 Å². The van der Waals surface area contributed by atoms with Gasteiger partial charge in [0.2, 0.25) is 0 Å². The van der Waals surface area contributed by atoms with Crippen molar-refractivity contribution in [2.75, 3.05) is 0 Å². The molecule has 1 aromatic heterocycles. The Morgan fingerprint density at radius 2 is 2.42 bits per heavy atom. The van der Waals surface area contributed by atoms with Gasteiger partial charge in [-0.25, -0.2) is 0 Å². The van der Waals surface area contributed by atoms with Gasteiger partial charge in [-0.1, -0.05) is 0 Å². The van der Waals surface area contributed by atoms with Gasteiger partial charge in [-0.2, -0.15) is 0 Å². The molecule has 0 radical (unpaired) electrons. The van der Waals surface area contributed by atoms with Crippen molar-refractivity contribution in [1.29, 1.82) is 0 Å². The van der Waals surface area contributed by atoms with E-state index in [1.165, 1.54) is 0 Å². The molecule has 2 heterocycles. The Labute approximate surface area is 71.0 Å². The standard InChI is InChI=1S/C9H11NO2/c1-5-9(11)8-4-12-6(2)7(8)3-10-5/h3,6,11H,4H2,1-2H3. The Morgan fingerprint density at radius 1 is 1.67 bits per heavy atom. The van der Waals surface area contributed by atoms with Crippen LogP contribution < -0.4 is 0 Å². The predicted octanol–water partition coefficient (Wildman–Crippen LogP) is 1.69.